The van der Waals surface area contributed by atoms with E-state index in [1.165, 1.54) is 42.3 Å². The highest BCUT2D eigenvalue weighted by Gasteiger charge is 2.20. The number of pyridine rings is 2. The molecule has 0 radical (unpaired) electrons. The van der Waals surface area contributed by atoms with Crippen molar-refractivity contribution in [2.24, 2.45) is 7.05 Å². The quantitative estimate of drug-likeness (QED) is 0.604. The van der Waals surface area contributed by atoms with E-state index in [2.05, 4.69) is 25.7 Å². The molecule has 8 nitrogen and oxygen atoms in total. The third kappa shape index (κ3) is 4.53. The molecule has 0 aliphatic heterocycles. The molecule has 144 valence electrons. The van der Waals surface area contributed by atoms with Crippen molar-refractivity contribution in [1.82, 2.24) is 19.7 Å². The van der Waals surface area contributed by atoms with Gasteiger partial charge in [0.15, 0.2) is 17.3 Å². The van der Waals surface area contributed by atoms with Crippen molar-refractivity contribution in [2.45, 2.75) is 0 Å². The Bertz CT molecular complexity index is 1080. The smallest absolute Gasteiger partial charge is 0.277 e. The van der Waals surface area contributed by atoms with Crippen LogP contribution in [0.1, 0.15) is 21.0 Å². The largest absolute Gasteiger partial charge is 0.304 e. The van der Waals surface area contributed by atoms with E-state index in [1.807, 2.05) is 0 Å². The summed E-state index contributed by atoms with van der Waals surface area (Å²) in [7, 11) is 1.51. The van der Waals surface area contributed by atoms with E-state index in [9.17, 15) is 9.59 Å². The number of hydrogen-bond donors (Lipinski definition) is 2. The van der Waals surface area contributed by atoms with E-state index in [4.69, 9.17) is 46.4 Å². The summed E-state index contributed by atoms with van der Waals surface area (Å²) in [6.45, 7) is 0. The Labute approximate surface area is 178 Å². The van der Waals surface area contributed by atoms with Crippen LogP contribution < -0.4 is 10.6 Å². The normalized spacial score (nSPS) is 10.6. The Balaban J connectivity index is 1.78. The van der Waals surface area contributed by atoms with Crippen LogP contribution in [0.15, 0.2) is 30.6 Å². The fourth-order valence-electron chi connectivity index (χ4n) is 2.15. The molecule has 3 aromatic heterocycles. The minimum Gasteiger partial charge on any atom is -0.304 e. The lowest BCUT2D eigenvalue weighted by Gasteiger charge is -2.06. The zero-order chi connectivity index (χ0) is 20.4. The molecule has 0 aliphatic rings. The number of anilines is 2. The van der Waals surface area contributed by atoms with Crippen molar-refractivity contribution >= 4 is 69.9 Å². The molecule has 0 bridgehead atoms. The van der Waals surface area contributed by atoms with Crippen LogP contribution >= 0.6 is 46.4 Å². The number of nitrogens with one attached hydrogen (secondary N) is 2. The van der Waals surface area contributed by atoms with Crippen LogP contribution in [0.4, 0.5) is 11.6 Å². The predicted octanol–water partition coefficient (Wildman–Crippen LogP) is 4.33. The molecule has 3 heterocycles. The van der Waals surface area contributed by atoms with E-state index < -0.39 is 11.8 Å². The highest BCUT2D eigenvalue weighted by Crippen LogP contribution is 2.24. The number of rotatable bonds is 4. The van der Waals surface area contributed by atoms with E-state index >= 15 is 0 Å². The second-order valence-corrected chi connectivity index (χ2v) is 7.10. The highest BCUT2D eigenvalue weighted by molar-refractivity contribution is 6.37. The molecular formula is C16H10Cl4N6O2. The van der Waals surface area contributed by atoms with Gasteiger partial charge >= 0.3 is 0 Å². The van der Waals surface area contributed by atoms with Gasteiger partial charge in [-0.3, -0.25) is 14.3 Å². The minimum absolute atomic E-state index is 0.0179. The maximum Gasteiger partial charge on any atom is 0.277 e. The standard InChI is InChI=1S/C16H10Cl4N6O2/c1-26-12(16(28)24-14-10(20)3-8(18)6-22-14)4-11(25-26)15(27)23-13-9(19)2-7(17)5-21-13/h2-6H,1H3,(H,21,23,27)(H,22,24,28). The number of aromatic nitrogens is 4. The van der Waals surface area contributed by atoms with E-state index in [1.54, 1.807) is 0 Å². The summed E-state index contributed by atoms with van der Waals surface area (Å²) >= 11 is 23.5. The fourth-order valence-corrected chi connectivity index (χ4v) is 3.00. The van der Waals surface area contributed by atoms with Crippen LogP contribution in [0.5, 0.6) is 0 Å². The zero-order valence-corrected chi connectivity index (χ0v) is 17.0. The van der Waals surface area contributed by atoms with Crippen molar-refractivity contribution < 1.29 is 9.59 Å². The molecule has 0 aromatic carbocycles. The van der Waals surface area contributed by atoms with Gasteiger partial charge in [-0.15, -0.1) is 0 Å². The minimum atomic E-state index is -0.603. The first-order valence-electron chi connectivity index (χ1n) is 7.53. The molecule has 0 fully saturated rings. The molecule has 28 heavy (non-hydrogen) atoms. The van der Waals surface area contributed by atoms with Crippen LogP contribution in [-0.4, -0.2) is 31.6 Å². The first-order chi connectivity index (χ1) is 13.2. The first-order valence-corrected chi connectivity index (χ1v) is 9.04. The summed E-state index contributed by atoms with van der Waals surface area (Å²) < 4.78 is 1.24. The third-order valence-electron chi connectivity index (χ3n) is 3.42. The summed E-state index contributed by atoms with van der Waals surface area (Å²) in [4.78, 5) is 32.8. The number of carbonyl (C=O) groups is 2. The van der Waals surface area contributed by atoms with E-state index in [-0.39, 0.29) is 33.1 Å². The number of carbonyl (C=O) groups excluding carboxylic acids is 2. The van der Waals surface area contributed by atoms with Crippen molar-refractivity contribution in [1.29, 1.82) is 0 Å². The van der Waals surface area contributed by atoms with Crippen molar-refractivity contribution in [2.75, 3.05) is 10.6 Å². The summed E-state index contributed by atoms with van der Waals surface area (Å²) in [5, 5.41) is 10.1. The second kappa shape index (κ2) is 8.32. The Morgan fingerprint density at radius 2 is 1.36 bits per heavy atom. The Hall–Kier alpha value is -2.39. The maximum absolute atomic E-state index is 12.5. The zero-order valence-electron chi connectivity index (χ0n) is 14.0. The van der Waals surface area contributed by atoms with Gasteiger partial charge in [0.1, 0.15) is 5.69 Å². The molecule has 2 N–H and O–H groups in total. The number of hydrogen-bond acceptors (Lipinski definition) is 5. The second-order valence-electron chi connectivity index (χ2n) is 5.41. The summed E-state index contributed by atoms with van der Waals surface area (Å²) in [5.74, 6) is -0.923. The Morgan fingerprint density at radius 3 is 1.86 bits per heavy atom. The number of amides is 2. The van der Waals surface area contributed by atoms with Gasteiger partial charge in [0.2, 0.25) is 0 Å². The summed E-state index contributed by atoms with van der Waals surface area (Å²) in [6.07, 6.45) is 2.68. The topological polar surface area (TPSA) is 102 Å². The van der Waals surface area contributed by atoms with Crippen molar-refractivity contribution in [3.63, 3.8) is 0 Å². The summed E-state index contributed by atoms with van der Waals surface area (Å²) in [5.41, 5.74) is 0.0868. The molecule has 0 unspecified atom stereocenters. The van der Waals surface area contributed by atoms with Crippen LogP contribution in [0, 0.1) is 0 Å². The van der Waals surface area contributed by atoms with Gasteiger partial charge in [0.05, 0.1) is 20.1 Å². The van der Waals surface area contributed by atoms with Gasteiger partial charge in [0.25, 0.3) is 11.8 Å². The monoisotopic (exact) mass is 458 g/mol. The van der Waals surface area contributed by atoms with Crippen LogP contribution in [0.2, 0.25) is 20.1 Å². The van der Waals surface area contributed by atoms with E-state index in [0.717, 1.165) is 0 Å². The molecule has 0 saturated heterocycles. The first kappa shape index (κ1) is 20.3. The number of nitrogens with zero attached hydrogens (tertiary/aromatic N) is 4. The van der Waals surface area contributed by atoms with Crippen LogP contribution in [0.3, 0.4) is 0 Å². The third-order valence-corrected chi connectivity index (χ3v) is 4.41. The van der Waals surface area contributed by atoms with Crippen LogP contribution in [0.25, 0.3) is 0 Å². The lowest BCUT2D eigenvalue weighted by atomic mass is 10.3. The fraction of sp³-hybridized carbons (Fsp3) is 0.0625. The number of aryl methyl sites for hydroxylation is 1. The van der Waals surface area contributed by atoms with Gasteiger partial charge in [-0.2, -0.15) is 5.10 Å². The SMILES string of the molecule is Cn1nc(C(=O)Nc2ncc(Cl)cc2Cl)cc1C(=O)Nc1ncc(Cl)cc1Cl. The summed E-state index contributed by atoms with van der Waals surface area (Å²) in [6, 6.07) is 4.18. The van der Waals surface area contributed by atoms with Gasteiger partial charge in [-0.25, -0.2) is 9.97 Å². The molecule has 3 rings (SSSR count). The average molecular weight is 460 g/mol. The van der Waals surface area contributed by atoms with Gasteiger partial charge < -0.3 is 10.6 Å². The van der Waals surface area contributed by atoms with Crippen molar-refractivity contribution in [3.05, 3.63) is 62.1 Å². The van der Waals surface area contributed by atoms with Gasteiger partial charge in [-0.05, 0) is 12.1 Å². The molecule has 0 spiro atoms. The van der Waals surface area contributed by atoms with Crippen molar-refractivity contribution in [3.8, 4) is 0 Å². The van der Waals surface area contributed by atoms with Crippen LogP contribution in [-0.2, 0) is 7.05 Å². The molecule has 0 aliphatic carbocycles. The molecule has 0 saturated carbocycles. The lowest BCUT2D eigenvalue weighted by Crippen LogP contribution is -2.17. The Kier molecular flexibility index (Phi) is 6.04. The molecule has 0 atom stereocenters. The van der Waals surface area contributed by atoms with E-state index in [0.29, 0.717) is 10.0 Å². The molecule has 3 aromatic rings. The maximum atomic E-state index is 12.5. The highest BCUT2D eigenvalue weighted by atomic mass is 35.5. The molecule has 12 heteroatoms. The molecular weight excluding hydrogens is 450 g/mol. The van der Waals surface area contributed by atoms with Gasteiger partial charge in [-0.1, -0.05) is 46.4 Å². The lowest BCUT2D eigenvalue weighted by molar-refractivity contribution is 0.101. The van der Waals surface area contributed by atoms with Gasteiger partial charge in [0, 0.05) is 25.5 Å². The average Bonchev–Trinajstić information content (AvgIpc) is 3.02. The molecule has 2 amide bonds. The predicted molar refractivity (Wildman–Crippen MR) is 108 cm³/mol. The Morgan fingerprint density at radius 1 is 0.857 bits per heavy atom. The number of halogens is 4.